The Morgan fingerprint density at radius 2 is 2.29 bits per heavy atom. The SMILES string of the molecule is N#Cc1c(-c2cn[nH]c2)[nH]c2nccc(N)c12. The topological polar surface area (TPSA) is 107 Å². The smallest absolute Gasteiger partial charge is 0.141 e. The molecule has 0 aliphatic rings. The van der Waals surface area contributed by atoms with Crippen molar-refractivity contribution in [3.8, 4) is 17.3 Å². The van der Waals surface area contributed by atoms with Crippen LogP contribution in [0.1, 0.15) is 5.56 Å². The van der Waals surface area contributed by atoms with Gasteiger partial charge in [-0.1, -0.05) is 0 Å². The molecule has 0 aliphatic heterocycles. The molecule has 0 atom stereocenters. The molecule has 3 aromatic heterocycles. The number of H-pyrrole nitrogens is 2. The van der Waals surface area contributed by atoms with E-state index in [0.717, 1.165) is 5.56 Å². The van der Waals surface area contributed by atoms with Crippen molar-refractivity contribution in [2.45, 2.75) is 0 Å². The van der Waals surface area contributed by atoms with Crippen LogP contribution in [0.25, 0.3) is 22.3 Å². The van der Waals surface area contributed by atoms with Gasteiger partial charge < -0.3 is 10.7 Å². The predicted octanol–water partition coefficient (Wildman–Crippen LogP) is 1.41. The third-order valence-corrected chi connectivity index (χ3v) is 2.63. The quantitative estimate of drug-likeness (QED) is 0.580. The van der Waals surface area contributed by atoms with Crippen molar-refractivity contribution in [1.82, 2.24) is 20.2 Å². The number of nitriles is 1. The van der Waals surface area contributed by atoms with Gasteiger partial charge in [0, 0.05) is 23.6 Å². The van der Waals surface area contributed by atoms with Crippen molar-refractivity contribution >= 4 is 16.7 Å². The Morgan fingerprint density at radius 1 is 1.41 bits per heavy atom. The van der Waals surface area contributed by atoms with Crippen molar-refractivity contribution in [2.24, 2.45) is 0 Å². The summed E-state index contributed by atoms with van der Waals surface area (Å²) in [6.07, 6.45) is 4.96. The second kappa shape index (κ2) is 3.35. The van der Waals surface area contributed by atoms with Gasteiger partial charge in [0.15, 0.2) is 0 Å². The lowest BCUT2D eigenvalue weighted by atomic mass is 10.1. The largest absolute Gasteiger partial charge is 0.398 e. The number of nitrogens with zero attached hydrogens (tertiary/aromatic N) is 3. The molecule has 0 unspecified atom stereocenters. The van der Waals surface area contributed by atoms with Crippen LogP contribution in [0.4, 0.5) is 5.69 Å². The fourth-order valence-corrected chi connectivity index (χ4v) is 1.86. The van der Waals surface area contributed by atoms with Gasteiger partial charge in [0.25, 0.3) is 0 Å². The lowest BCUT2D eigenvalue weighted by Crippen LogP contribution is -1.87. The maximum atomic E-state index is 9.24. The molecule has 0 aliphatic carbocycles. The van der Waals surface area contributed by atoms with Crippen LogP contribution in [0.2, 0.25) is 0 Å². The molecule has 6 heteroatoms. The summed E-state index contributed by atoms with van der Waals surface area (Å²) < 4.78 is 0. The third-order valence-electron chi connectivity index (χ3n) is 2.63. The maximum Gasteiger partial charge on any atom is 0.141 e. The second-order valence-corrected chi connectivity index (χ2v) is 3.60. The van der Waals surface area contributed by atoms with E-state index in [1.54, 1.807) is 24.7 Å². The number of hydrogen-bond donors (Lipinski definition) is 3. The molecule has 3 heterocycles. The van der Waals surface area contributed by atoms with Crippen LogP contribution >= 0.6 is 0 Å². The Bertz CT molecular complexity index is 716. The van der Waals surface area contributed by atoms with Crippen LogP contribution in [-0.4, -0.2) is 20.2 Å². The average molecular weight is 224 g/mol. The summed E-state index contributed by atoms with van der Waals surface area (Å²) in [6.45, 7) is 0. The number of nitrogen functional groups attached to an aromatic ring is 1. The van der Waals surface area contributed by atoms with Gasteiger partial charge in [-0.15, -0.1) is 0 Å². The Kier molecular flexibility index (Phi) is 1.86. The molecule has 0 amide bonds. The highest BCUT2D eigenvalue weighted by molar-refractivity contribution is 5.98. The van der Waals surface area contributed by atoms with Gasteiger partial charge >= 0.3 is 0 Å². The van der Waals surface area contributed by atoms with Crippen LogP contribution in [0.5, 0.6) is 0 Å². The Labute approximate surface area is 96.1 Å². The van der Waals surface area contributed by atoms with Crippen molar-refractivity contribution in [3.05, 3.63) is 30.2 Å². The first-order valence-corrected chi connectivity index (χ1v) is 4.96. The minimum absolute atomic E-state index is 0.493. The summed E-state index contributed by atoms with van der Waals surface area (Å²) in [7, 11) is 0. The van der Waals surface area contributed by atoms with E-state index < -0.39 is 0 Å². The number of nitrogens with two attached hydrogens (primary N) is 1. The predicted molar refractivity (Wildman–Crippen MR) is 62.8 cm³/mol. The van der Waals surface area contributed by atoms with Crippen molar-refractivity contribution in [2.75, 3.05) is 5.73 Å². The molecule has 17 heavy (non-hydrogen) atoms. The summed E-state index contributed by atoms with van der Waals surface area (Å²) in [5.74, 6) is 0. The summed E-state index contributed by atoms with van der Waals surface area (Å²) >= 11 is 0. The standard InChI is InChI=1S/C11H8N6/c12-3-7-9-8(13)1-2-14-11(9)17-10(7)6-4-15-16-5-6/h1-2,4-5H,(H,15,16)(H3,13,14,17). The van der Waals surface area contributed by atoms with E-state index in [2.05, 4.69) is 26.2 Å². The van der Waals surface area contributed by atoms with Gasteiger partial charge in [-0.3, -0.25) is 5.10 Å². The number of aromatic nitrogens is 4. The van der Waals surface area contributed by atoms with Gasteiger partial charge in [0.05, 0.1) is 22.8 Å². The van der Waals surface area contributed by atoms with E-state index in [4.69, 9.17) is 5.73 Å². The van der Waals surface area contributed by atoms with Gasteiger partial charge in [0.2, 0.25) is 0 Å². The normalized spacial score (nSPS) is 10.5. The van der Waals surface area contributed by atoms with Crippen molar-refractivity contribution in [3.63, 3.8) is 0 Å². The fourth-order valence-electron chi connectivity index (χ4n) is 1.86. The average Bonchev–Trinajstić information content (AvgIpc) is 2.95. The molecule has 0 radical (unpaired) electrons. The van der Waals surface area contributed by atoms with Gasteiger partial charge in [-0.2, -0.15) is 10.4 Å². The molecule has 6 nitrogen and oxygen atoms in total. The van der Waals surface area contributed by atoms with Crippen LogP contribution in [-0.2, 0) is 0 Å². The van der Waals surface area contributed by atoms with Crippen molar-refractivity contribution < 1.29 is 0 Å². The Balaban J connectivity index is 2.42. The Morgan fingerprint density at radius 3 is 3.00 bits per heavy atom. The molecule has 4 N–H and O–H groups in total. The first-order chi connectivity index (χ1) is 8.31. The molecule has 0 fully saturated rings. The summed E-state index contributed by atoms with van der Waals surface area (Å²) in [6, 6.07) is 3.83. The van der Waals surface area contributed by atoms with E-state index in [9.17, 15) is 5.26 Å². The first-order valence-electron chi connectivity index (χ1n) is 4.96. The molecule has 0 saturated carbocycles. The first kappa shape index (κ1) is 9.42. The lowest BCUT2D eigenvalue weighted by Gasteiger charge is -1.94. The lowest BCUT2D eigenvalue weighted by molar-refractivity contribution is 1.09. The highest BCUT2D eigenvalue weighted by atomic mass is 15.1. The van der Waals surface area contributed by atoms with Crippen LogP contribution < -0.4 is 5.73 Å². The Hall–Kier alpha value is -2.81. The second-order valence-electron chi connectivity index (χ2n) is 3.60. The molecule has 82 valence electrons. The number of hydrogen-bond acceptors (Lipinski definition) is 4. The molecule has 0 spiro atoms. The van der Waals surface area contributed by atoms with E-state index in [-0.39, 0.29) is 0 Å². The number of nitrogens with one attached hydrogen (secondary N) is 2. The van der Waals surface area contributed by atoms with Crippen LogP contribution in [0.3, 0.4) is 0 Å². The van der Waals surface area contributed by atoms with E-state index in [1.807, 2.05) is 0 Å². The summed E-state index contributed by atoms with van der Waals surface area (Å²) in [5, 5.41) is 16.5. The van der Waals surface area contributed by atoms with Crippen LogP contribution in [0, 0.1) is 11.3 Å². The zero-order chi connectivity index (χ0) is 11.8. The molecular formula is C11H8N6. The van der Waals surface area contributed by atoms with Crippen molar-refractivity contribution in [1.29, 1.82) is 5.26 Å². The third kappa shape index (κ3) is 1.26. The summed E-state index contributed by atoms with van der Waals surface area (Å²) in [5.41, 5.74) is 8.99. The fraction of sp³-hybridized carbons (Fsp3) is 0. The number of fused-ring (bicyclic) bond motifs is 1. The molecule has 0 aromatic carbocycles. The minimum Gasteiger partial charge on any atom is -0.398 e. The highest BCUT2D eigenvalue weighted by Gasteiger charge is 2.16. The minimum atomic E-state index is 0.493. The number of pyridine rings is 1. The number of anilines is 1. The monoisotopic (exact) mass is 224 g/mol. The summed E-state index contributed by atoms with van der Waals surface area (Å²) in [4.78, 5) is 7.25. The molecule has 3 rings (SSSR count). The van der Waals surface area contributed by atoms with E-state index in [1.165, 1.54) is 0 Å². The molecule has 3 aromatic rings. The maximum absolute atomic E-state index is 9.24. The number of rotatable bonds is 1. The molecule has 0 bridgehead atoms. The molecule has 0 saturated heterocycles. The zero-order valence-electron chi connectivity index (χ0n) is 8.73. The number of aromatic amines is 2. The van der Waals surface area contributed by atoms with E-state index in [0.29, 0.717) is 28.0 Å². The van der Waals surface area contributed by atoms with Gasteiger partial charge in [-0.05, 0) is 6.07 Å². The van der Waals surface area contributed by atoms with Crippen LogP contribution in [0.15, 0.2) is 24.7 Å². The zero-order valence-corrected chi connectivity index (χ0v) is 8.73. The van der Waals surface area contributed by atoms with Gasteiger partial charge in [0.1, 0.15) is 11.7 Å². The van der Waals surface area contributed by atoms with Gasteiger partial charge in [-0.25, -0.2) is 4.98 Å². The highest BCUT2D eigenvalue weighted by Crippen LogP contribution is 2.31. The molecular weight excluding hydrogens is 216 g/mol. The van der Waals surface area contributed by atoms with E-state index >= 15 is 0 Å².